The Bertz CT molecular complexity index is 453. The van der Waals surface area contributed by atoms with Crippen molar-refractivity contribution in [3.05, 3.63) is 29.8 Å². The molecule has 5 heteroatoms. The minimum absolute atomic E-state index is 0.256. The molecule has 22 heavy (non-hydrogen) atoms. The van der Waals surface area contributed by atoms with Gasteiger partial charge in [-0.3, -0.25) is 0 Å². The summed E-state index contributed by atoms with van der Waals surface area (Å²) < 4.78 is 11.3. The molecule has 2 unspecified atom stereocenters. The first-order valence-corrected chi connectivity index (χ1v) is 9.23. The third-order valence-electron chi connectivity index (χ3n) is 4.25. The Labute approximate surface area is 136 Å². The summed E-state index contributed by atoms with van der Waals surface area (Å²) in [4.78, 5) is 0. The van der Waals surface area contributed by atoms with Crippen LogP contribution in [-0.2, 0) is 11.3 Å². The third-order valence-corrected chi connectivity index (χ3v) is 5.48. The lowest BCUT2D eigenvalue weighted by Crippen LogP contribution is -2.40. The van der Waals surface area contributed by atoms with E-state index in [1.54, 1.807) is 0 Å². The maximum Gasteiger partial charge on any atom is 0.119 e. The van der Waals surface area contributed by atoms with E-state index >= 15 is 0 Å². The Hall–Kier alpha value is -0.750. The molecule has 0 radical (unpaired) electrons. The number of nitrogens with one attached hydrogen (secondary N) is 1. The zero-order valence-corrected chi connectivity index (χ0v) is 13.7. The van der Waals surface area contributed by atoms with E-state index < -0.39 is 5.60 Å². The topological polar surface area (TPSA) is 50.7 Å². The summed E-state index contributed by atoms with van der Waals surface area (Å²) in [6.45, 7) is 2.95. The van der Waals surface area contributed by atoms with Crippen LogP contribution < -0.4 is 10.1 Å². The highest BCUT2D eigenvalue weighted by molar-refractivity contribution is 7.99. The lowest BCUT2D eigenvalue weighted by Gasteiger charge is -2.21. The maximum absolute atomic E-state index is 10.3. The zero-order chi connectivity index (χ0) is 15.3. The van der Waals surface area contributed by atoms with Crippen LogP contribution in [0.1, 0.15) is 24.8 Å². The molecule has 0 aliphatic carbocycles. The van der Waals surface area contributed by atoms with Crippen molar-refractivity contribution in [3.8, 4) is 5.75 Å². The van der Waals surface area contributed by atoms with Gasteiger partial charge in [0.15, 0.2) is 0 Å². The van der Waals surface area contributed by atoms with Crippen molar-refractivity contribution in [2.75, 3.05) is 31.3 Å². The lowest BCUT2D eigenvalue weighted by atomic mass is 10.0. The summed E-state index contributed by atoms with van der Waals surface area (Å²) in [5.41, 5.74) is 0.688. The first kappa shape index (κ1) is 16.1. The molecule has 4 nitrogen and oxygen atoms in total. The molecule has 2 heterocycles. The van der Waals surface area contributed by atoms with E-state index in [0.717, 1.165) is 49.7 Å². The molecule has 2 N–H and O–H groups in total. The van der Waals surface area contributed by atoms with Crippen molar-refractivity contribution >= 4 is 11.8 Å². The van der Waals surface area contributed by atoms with Crippen LogP contribution in [0.25, 0.3) is 0 Å². The second-order valence-electron chi connectivity index (χ2n) is 6.22. The van der Waals surface area contributed by atoms with E-state index in [0.29, 0.717) is 13.2 Å². The molecule has 3 rings (SSSR count). The highest BCUT2D eigenvalue weighted by atomic mass is 32.2. The van der Waals surface area contributed by atoms with Gasteiger partial charge in [0.05, 0.1) is 11.7 Å². The fraction of sp³-hybridized carbons (Fsp3) is 0.647. The summed E-state index contributed by atoms with van der Waals surface area (Å²) in [6, 6.07) is 8.16. The minimum atomic E-state index is -0.519. The predicted octanol–water partition coefficient (Wildman–Crippen LogP) is 2.20. The van der Waals surface area contributed by atoms with E-state index in [9.17, 15) is 5.11 Å². The molecule has 2 atom stereocenters. The fourth-order valence-corrected chi connectivity index (χ4v) is 4.14. The van der Waals surface area contributed by atoms with Crippen molar-refractivity contribution in [1.82, 2.24) is 5.32 Å². The van der Waals surface area contributed by atoms with Gasteiger partial charge in [0.25, 0.3) is 0 Å². The second kappa shape index (κ2) is 7.68. The highest BCUT2D eigenvalue weighted by Crippen LogP contribution is 2.27. The Morgan fingerprint density at radius 3 is 2.91 bits per heavy atom. The maximum atomic E-state index is 10.3. The monoisotopic (exact) mass is 323 g/mol. The smallest absolute Gasteiger partial charge is 0.119 e. The summed E-state index contributed by atoms with van der Waals surface area (Å²) in [7, 11) is 0. The number of hydrogen-bond donors (Lipinski definition) is 2. The van der Waals surface area contributed by atoms with E-state index in [1.807, 2.05) is 23.9 Å². The zero-order valence-electron chi connectivity index (χ0n) is 12.9. The highest BCUT2D eigenvalue weighted by Gasteiger charge is 2.30. The molecule has 1 aromatic carbocycles. The van der Waals surface area contributed by atoms with Gasteiger partial charge in [-0.15, -0.1) is 0 Å². The summed E-state index contributed by atoms with van der Waals surface area (Å²) in [6.07, 6.45) is 3.39. The van der Waals surface area contributed by atoms with Gasteiger partial charge in [-0.25, -0.2) is 0 Å². The molecular formula is C17H25NO3S. The van der Waals surface area contributed by atoms with Gasteiger partial charge >= 0.3 is 0 Å². The molecule has 2 saturated heterocycles. The molecular weight excluding hydrogens is 298 g/mol. The number of ether oxygens (including phenoxy) is 2. The molecule has 2 aliphatic rings. The quantitative estimate of drug-likeness (QED) is 0.806. The molecule has 0 bridgehead atoms. The molecule has 0 amide bonds. The van der Waals surface area contributed by atoms with Crippen LogP contribution >= 0.6 is 11.8 Å². The van der Waals surface area contributed by atoms with Gasteiger partial charge in [0, 0.05) is 25.4 Å². The van der Waals surface area contributed by atoms with Crippen molar-refractivity contribution in [2.24, 2.45) is 0 Å². The molecule has 2 aliphatic heterocycles. The third kappa shape index (κ3) is 4.62. The van der Waals surface area contributed by atoms with Gasteiger partial charge in [-0.1, -0.05) is 12.1 Å². The Balaban J connectivity index is 1.39. The van der Waals surface area contributed by atoms with E-state index in [4.69, 9.17) is 9.47 Å². The molecule has 0 saturated carbocycles. The van der Waals surface area contributed by atoms with Gasteiger partial charge in [-0.05, 0) is 42.7 Å². The van der Waals surface area contributed by atoms with Gasteiger partial charge < -0.3 is 19.9 Å². The van der Waals surface area contributed by atoms with Crippen LogP contribution in [0.15, 0.2) is 24.3 Å². The summed E-state index contributed by atoms with van der Waals surface area (Å²) >= 11 is 1.83. The van der Waals surface area contributed by atoms with Crippen molar-refractivity contribution < 1.29 is 14.6 Å². The normalized spacial score (nSPS) is 28.1. The number of benzene rings is 1. The van der Waals surface area contributed by atoms with Crippen LogP contribution in [0.2, 0.25) is 0 Å². The Morgan fingerprint density at radius 1 is 1.36 bits per heavy atom. The second-order valence-corrected chi connectivity index (χ2v) is 7.33. The van der Waals surface area contributed by atoms with Crippen molar-refractivity contribution in [1.29, 1.82) is 0 Å². The Morgan fingerprint density at radius 2 is 2.23 bits per heavy atom. The number of thioether (sulfide) groups is 1. The van der Waals surface area contributed by atoms with Crippen LogP contribution in [0.5, 0.6) is 5.75 Å². The fourth-order valence-electron chi connectivity index (χ4n) is 2.84. The first-order valence-electron chi connectivity index (χ1n) is 8.08. The average molecular weight is 323 g/mol. The standard InChI is InChI=1S/C17H25NO3S/c19-17(7-9-22-13-17)12-18-10-14-3-5-15(6-4-14)21-11-16-2-1-8-20-16/h3-6,16,18-19H,1-2,7-13H2. The molecule has 0 spiro atoms. The van der Waals surface area contributed by atoms with E-state index in [-0.39, 0.29) is 6.10 Å². The largest absolute Gasteiger partial charge is 0.491 e. The first-order chi connectivity index (χ1) is 10.7. The molecule has 122 valence electrons. The number of rotatable bonds is 7. The average Bonchev–Trinajstić information content (AvgIpc) is 3.18. The van der Waals surface area contributed by atoms with Crippen LogP contribution in [0, 0.1) is 0 Å². The SMILES string of the molecule is OC1(CNCc2ccc(OCC3CCCO3)cc2)CCSC1. The van der Waals surface area contributed by atoms with Crippen LogP contribution in [0.4, 0.5) is 0 Å². The van der Waals surface area contributed by atoms with Gasteiger partial charge in [0.2, 0.25) is 0 Å². The Kier molecular flexibility index (Phi) is 5.63. The molecule has 0 aromatic heterocycles. The van der Waals surface area contributed by atoms with Crippen LogP contribution in [0.3, 0.4) is 0 Å². The predicted molar refractivity (Wildman–Crippen MR) is 89.5 cm³/mol. The molecule has 2 fully saturated rings. The van der Waals surface area contributed by atoms with Crippen molar-refractivity contribution in [3.63, 3.8) is 0 Å². The van der Waals surface area contributed by atoms with Gasteiger partial charge in [-0.2, -0.15) is 11.8 Å². The van der Waals surface area contributed by atoms with E-state index in [1.165, 1.54) is 5.56 Å². The van der Waals surface area contributed by atoms with Gasteiger partial charge in [0.1, 0.15) is 12.4 Å². The van der Waals surface area contributed by atoms with E-state index in [2.05, 4.69) is 17.4 Å². The van der Waals surface area contributed by atoms with Crippen LogP contribution in [-0.4, -0.2) is 48.1 Å². The van der Waals surface area contributed by atoms with Crippen molar-refractivity contribution in [2.45, 2.75) is 37.5 Å². The minimum Gasteiger partial charge on any atom is -0.491 e. The molecule has 1 aromatic rings. The lowest BCUT2D eigenvalue weighted by molar-refractivity contribution is 0.0674. The summed E-state index contributed by atoms with van der Waals surface area (Å²) in [5.74, 6) is 2.80. The summed E-state index contributed by atoms with van der Waals surface area (Å²) in [5, 5.41) is 13.6. The number of aliphatic hydroxyl groups is 1. The number of hydrogen-bond acceptors (Lipinski definition) is 5.